The van der Waals surface area contributed by atoms with Gasteiger partial charge in [0.05, 0.1) is 13.7 Å². The molecule has 0 fully saturated rings. The Morgan fingerprint density at radius 1 is 1.35 bits per heavy atom. The van der Waals surface area contributed by atoms with Gasteiger partial charge in [-0.2, -0.15) is 0 Å². The number of amides is 1. The van der Waals surface area contributed by atoms with E-state index in [1.165, 1.54) is 0 Å². The Bertz CT molecular complexity index is 472. The Morgan fingerprint density at radius 2 is 2.05 bits per heavy atom. The Kier molecular flexibility index (Phi) is 6.18. The van der Waals surface area contributed by atoms with Gasteiger partial charge in [0, 0.05) is 31.8 Å². The fourth-order valence-corrected chi connectivity index (χ4v) is 1.85. The van der Waals surface area contributed by atoms with Crippen molar-refractivity contribution in [2.75, 3.05) is 34.3 Å². The highest BCUT2D eigenvalue weighted by Gasteiger charge is 2.13. The molecule has 5 heteroatoms. The molecule has 5 nitrogen and oxygen atoms in total. The van der Waals surface area contributed by atoms with Crippen LogP contribution in [0.3, 0.4) is 0 Å². The van der Waals surface area contributed by atoms with Crippen LogP contribution in [-0.4, -0.2) is 56.3 Å². The summed E-state index contributed by atoms with van der Waals surface area (Å²) in [6.45, 7) is 3.66. The summed E-state index contributed by atoms with van der Waals surface area (Å²) in [7, 11) is 5.08. The molecule has 0 atom stereocenters. The maximum absolute atomic E-state index is 11.8. The number of nitrogens with zero attached hydrogens (tertiary/aromatic N) is 2. The number of ether oxygens (including phenoxy) is 1. The minimum Gasteiger partial charge on any atom is -0.496 e. The van der Waals surface area contributed by atoms with Crippen LogP contribution in [0, 0.1) is 0 Å². The number of hydrogen-bond acceptors (Lipinski definition) is 4. The van der Waals surface area contributed by atoms with Crippen molar-refractivity contribution in [3.63, 3.8) is 0 Å². The molecule has 0 saturated carbocycles. The van der Waals surface area contributed by atoms with Crippen molar-refractivity contribution in [2.45, 2.75) is 13.5 Å². The summed E-state index contributed by atoms with van der Waals surface area (Å²) < 4.78 is 5.30. The Hall–Kier alpha value is -1.88. The van der Waals surface area contributed by atoms with Gasteiger partial charge < -0.3 is 9.64 Å². The highest BCUT2D eigenvalue weighted by Crippen LogP contribution is 2.21. The first kappa shape index (κ1) is 16.2. The second-order valence-electron chi connectivity index (χ2n) is 4.78. The van der Waals surface area contributed by atoms with E-state index in [2.05, 4.69) is 0 Å². The van der Waals surface area contributed by atoms with Crippen LogP contribution in [0.2, 0.25) is 0 Å². The van der Waals surface area contributed by atoms with E-state index in [4.69, 9.17) is 4.74 Å². The number of benzene rings is 1. The fraction of sp³-hybridized carbons (Fsp3) is 0.467. The van der Waals surface area contributed by atoms with Crippen molar-refractivity contribution in [3.05, 3.63) is 29.3 Å². The van der Waals surface area contributed by atoms with Gasteiger partial charge in [0.15, 0.2) is 0 Å². The summed E-state index contributed by atoms with van der Waals surface area (Å²) in [5.74, 6) is 0.781. The summed E-state index contributed by atoms with van der Waals surface area (Å²) >= 11 is 0. The fourth-order valence-electron chi connectivity index (χ4n) is 1.85. The molecule has 20 heavy (non-hydrogen) atoms. The van der Waals surface area contributed by atoms with Gasteiger partial charge in [-0.3, -0.25) is 14.5 Å². The number of hydrogen-bond donors (Lipinski definition) is 0. The number of carbonyl (C=O) groups is 2. The molecule has 1 aromatic carbocycles. The van der Waals surface area contributed by atoms with Crippen LogP contribution in [0.4, 0.5) is 0 Å². The molecular formula is C15H22N2O3. The van der Waals surface area contributed by atoms with Crippen LogP contribution >= 0.6 is 0 Å². The number of aldehydes is 1. The topological polar surface area (TPSA) is 49.9 Å². The molecule has 0 aromatic heterocycles. The van der Waals surface area contributed by atoms with Gasteiger partial charge in [-0.15, -0.1) is 0 Å². The number of carbonyl (C=O) groups excluding carboxylic acids is 2. The molecule has 0 radical (unpaired) electrons. The first-order valence-corrected chi connectivity index (χ1v) is 6.56. The van der Waals surface area contributed by atoms with Gasteiger partial charge >= 0.3 is 0 Å². The second-order valence-corrected chi connectivity index (χ2v) is 4.78. The average molecular weight is 278 g/mol. The molecule has 110 valence electrons. The first-order valence-electron chi connectivity index (χ1n) is 6.56. The Labute approximate surface area is 120 Å². The molecule has 0 bridgehead atoms. The molecule has 0 aliphatic heterocycles. The normalized spacial score (nSPS) is 10.4. The van der Waals surface area contributed by atoms with Gasteiger partial charge in [-0.25, -0.2) is 0 Å². The van der Waals surface area contributed by atoms with Gasteiger partial charge in [0.2, 0.25) is 5.91 Å². The van der Waals surface area contributed by atoms with Gasteiger partial charge in [-0.05, 0) is 24.7 Å². The van der Waals surface area contributed by atoms with Crippen LogP contribution in [0.1, 0.15) is 22.8 Å². The lowest BCUT2D eigenvalue weighted by Crippen LogP contribution is -2.36. The second kappa shape index (κ2) is 7.65. The third-order valence-corrected chi connectivity index (χ3v) is 3.14. The predicted molar refractivity (Wildman–Crippen MR) is 78.0 cm³/mol. The zero-order valence-corrected chi connectivity index (χ0v) is 12.5. The third-order valence-electron chi connectivity index (χ3n) is 3.14. The van der Waals surface area contributed by atoms with Gasteiger partial charge in [0.1, 0.15) is 12.0 Å². The molecule has 0 aliphatic carbocycles. The molecule has 1 rings (SSSR count). The maximum Gasteiger partial charge on any atom is 0.236 e. The average Bonchev–Trinajstić information content (AvgIpc) is 2.45. The Balaban J connectivity index is 2.88. The summed E-state index contributed by atoms with van der Waals surface area (Å²) in [6.07, 6.45) is 0.810. The van der Waals surface area contributed by atoms with Crippen molar-refractivity contribution < 1.29 is 14.3 Å². The van der Waals surface area contributed by atoms with Crippen LogP contribution in [0.5, 0.6) is 5.75 Å². The summed E-state index contributed by atoms with van der Waals surface area (Å²) in [5.41, 5.74) is 1.52. The minimum atomic E-state index is 0.0531. The molecule has 0 N–H and O–H groups in total. The summed E-state index contributed by atoms with van der Waals surface area (Å²) in [6, 6.07) is 5.30. The van der Waals surface area contributed by atoms with Crippen molar-refractivity contribution in [3.8, 4) is 5.75 Å². The highest BCUT2D eigenvalue weighted by atomic mass is 16.5. The molecule has 0 saturated heterocycles. The monoisotopic (exact) mass is 278 g/mol. The third kappa shape index (κ3) is 4.35. The molecule has 0 unspecified atom stereocenters. The lowest BCUT2D eigenvalue weighted by Gasteiger charge is -2.23. The zero-order valence-electron chi connectivity index (χ0n) is 12.5. The molecule has 0 heterocycles. The smallest absolute Gasteiger partial charge is 0.236 e. The number of methoxy groups -OCH3 is 1. The van der Waals surface area contributed by atoms with Crippen LogP contribution in [0.15, 0.2) is 18.2 Å². The van der Waals surface area contributed by atoms with E-state index in [1.807, 2.05) is 11.8 Å². The number of rotatable bonds is 7. The standard InChI is InChI=1S/C15H22N2O3/c1-5-17(10-15(19)16(2)3)9-13-8-12(11-18)6-7-14(13)20-4/h6-8,11H,5,9-10H2,1-4H3. The largest absolute Gasteiger partial charge is 0.496 e. The van der Waals surface area contributed by atoms with Crippen molar-refractivity contribution in [1.82, 2.24) is 9.80 Å². The van der Waals surface area contributed by atoms with Crippen LogP contribution in [-0.2, 0) is 11.3 Å². The molecule has 0 spiro atoms. The van der Waals surface area contributed by atoms with Crippen molar-refractivity contribution >= 4 is 12.2 Å². The molecule has 1 amide bonds. The molecule has 1 aromatic rings. The van der Waals surface area contributed by atoms with E-state index in [1.54, 1.807) is 44.3 Å². The van der Waals surface area contributed by atoms with Crippen molar-refractivity contribution in [2.24, 2.45) is 0 Å². The quantitative estimate of drug-likeness (QED) is 0.708. The summed E-state index contributed by atoms with van der Waals surface area (Å²) in [5, 5.41) is 0. The first-order chi connectivity index (χ1) is 9.51. The van der Waals surface area contributed by atoms with Crippen LogP contribution < -0.4 is 4.74 Å². The highest BCUT2D eigenvalue weighted by molar-refractivity contribution is 5.77. The Morgan fingerprint density at radius 3 is 2.55 bits per heavy atom. The van der Waals surface area contributed by atoms with Gasteiger partial charge in [-0.1, -0.05) is 6.92 Å². The zero-order chi connectivity index (χ0) is 15.1. The molecular weight excluding hydrogens is 256 g/mol. The minimum absolute atomic E-state index is 0.0531. The van der Waals surface area contributed by atoms with E-state index in [-0.39, 0.29) is 5.91 Å². The number of likely N-dealkylation sites (N-methyl/N-ethyl adjacent to an activating group) is 2. The van der Waals surface area contributed by atoms with E-state index in [0.29, 0.717) is 18.7 Å². The van der Waals surface area contributed by atoms with E-state index >= 15 is 0 Å². The van der Waals surface area contributed by atoms with Crippen molar-refractivity contribution in [1.29, 1.82) is 0 Å². The van der Waals surface area contributed by atoms with Crippen LogP contribution in [0.25, 0.3) is 0 Å². The lowest BCUT2D eigenvalue weighted by atomic mass is 10.1. The van der Waals surface area contributed by atoms with E-state index in [9.17, 15) is 9.59 Å². The molecule has 0 aliphatic rings. The lowest BCUT2D eigenvalue weighted by molar-refractivity contribution is -0.130. The van der Waals surface area contributed by atoms with Gasteiger partial charge in [0.25, 0.3) is 0 Å². The maximum atomic E-state index is 11.8. The van der Waals surface area contributed by atoms with E-state index in [0.717, 1.165) is 24.1 Å². The summed E-state index contributed by atoms with van der Waals surface area (Å²) in [4.78, 5) is 26.2. The van der Waals surface area contributed by atoms with E-state index < -0.39 is 0 Å². The SMILES string of the molecule is CCN(CC(=O)N(C)C)Cc1cc(C=O)ccc1OC. The predicted octanol–water partition coefficient (Wildman–Crippen LogP) is 1.42.